The summed E-state index contributed by atoms with van der Waals surface area (Å²) in [6.07, 6.45) is 0.705. The highest BCUT2D eigenvalue weighted by molar-refractivity contribution is 7.89. The SMILES string of the molecule is Cc1cc(C)c(S(=O)(=O)N2CCC(N)C(C)(C)C2)c(C)c1.Cl. The Morgan fingerprint density at radius 2 is 1.68 bits per heavy atom. The van der Waals surface area contributed by atoms with Crippen LogP contribution in [-0.4, -0.2) is 31.9 Å². The Labute approximate surface area is 140 Å². The van der Waals surface area contributed by atoms with E-state index >= 15 is 0 Å². The van der Waals surface area contributed by atoms with Crippen LogP contribution in [0.2, 0.25) is 0 Å². The fourth-order valence-electron chi connectivity index (χ4n) is 3.23. The van der Waals surface area contributed by atoms with Crippen LogP contribution in [0.25, 0.3) is 0 Å². The van der Waals surface area contributed by atoms with Gasteiger partial charge in [0.1, 0.15) is 0 Å². The van der Waals surface area contributed by atoms with Gasteiger partial charge in [-0.2, -0.15) is 4.31 Å². The summed E-state index contributed by atoms with van der Waals surface area (Å²) in [7, 11) is -3.46. The average molecular weight is 347 g/mol. The Hall–Kier alpha value is -0.620. The molecule has 1 saturated heterocycles. The summed E-state index contributed by atoms with van der Waals surface area (Å²) in [6, 6.07) is 3.91. The molecule has 0 aliphatic carbocycles. The van der Waals surface area contributed by atoms with E-state index in [0.717, 1.165) is 16.7 Å². The van der Waals surface area contributed by atoms with E-state index in [0.29, 0.717) is 24.4 Å². The van der Waals surface area contributed by atoms with Gasteiger partial charge in [-0.3, -0.25) is 0 Å². The van der Waals surface area contributed by atoms with Gasteiger partial charge >= 0.3 is 0 Å². The van der Waals surface area contributed by atoms with E-state index < -0.39 is 10.0 Å². The van der Waals surface area contributed by atoms with Crippen molar-refractivity contribution in [1.82, 2.24) is 4.31 Å². The van der Waals surface area contributed by atoms with Gasteiger partial charge in [-0.05, 0) is 43.7 Å². The van der Waals surface area contributed by atoms with Crippen LogP contribution in [0.5, 0.6) is 0 Å². The molecule has 2 N–H and O–H groups in total. The number of hydrogen-bond donors (Lipinski definition) is 1. The molecule has 1 aromatic carbocycles. The molecule has 126 valence electrons. The molecule has 4 nitrogen and oxygen atoms in total. The smallest absolute Gasteiger partial charge is 0.243 e. The van der Waals surface area contributed by atoms with Gasteiger partial charge in [-0.25, -0.2) is 8.42 Å². The monoisotopic (exact) mass is 346 g/mol. The van der Waals surface area contributed by atoms with Crippen molar-refractivity contribution in [3.05, 3.63) is 28.8 Å². The van der Waals surface area contributed by atoms with Crippen molar-refractivity contribution in [2.75, 3.05) is 13.1 Å². The Balaban J connectivity index is 0.00000242. The lowest BCUT2D eigenvalue weighted by Gasteiger charge is -2.42. The number of halogens is 1. The molecule has 1 aliphatic heterocycles. The minimum Gasteiger partial charge on any atom is -0.327 e. The van der Waals surface area contributed by atoms with Crippen molar-refractivity contribution in [3.63, 3.8) is 0 Å². The molecule has 2 rings (SSSR count). The van der Waals surface area contributed by atoms with Gasteiger partial charge in [0, 0.05) is 19.1 Å². The lowest BCUT2D eigenvalue weighted by atomic mass is 9.81. The molecule has 1 aromatic rings. The molecule has 0 saturated carbocycles. The minimum absolute atomic E-state index is 0. The van der Waals surface area contributed by atoms with Crippen molar-refractivity contribution < 1.29 is 8.42 Å². The summed E-state index contributed by atoms with van der Waals surface area (Å²) in [4.78, 5) is 0.458. The molecular weight excluding hydrogens is 320 g/mol. The quantitative estimate of drug-likeness (QED) is 0.895. The molecule has 1 aliphatic rings. The molecule has 0 aromatic heterocycles. The molecular formula is C16H27ClN2O2S. The van der Waals surface area contributed by atoms with Crippen molar-refractivity contribution in [2.45, 2.75) is 52.0 Å². The third-order valence-electron chi connectivity index (χ3n) is 4.48. The van der Waals surface area contributed by atoms with Crippen LogP contribution in [-0.2, 0) is 10.0 Å². The number of nitrogens with zero attached hydrogens (tertiary/aromatic N) is 1. The normalized spacial score (nSPS) is 22.2. The highest BCUT2D eigenvalue weighted by atomic mass is 35.5. The van der Waals surface area contributed by atoms with Crippen molar-refractivity contribution in [3.8, 4) is 0 Å². The molecule has 22 heavy (non-hydrogen) atoms. The number of hydrogen-bond acceptors (Lipinski definition) is 3. The fraction of sp³-hybridized carbons (Fsp3) is 0.625. The first-order valence-electron chi connectivity index (χ1n) is 7.39. The number of rotatable bonds is 2. The highest BCUT2D eigenvalue weighted by Gasteiger charge is 2.39. The summed E-state index contributed by atoms with van der Waals surface area (Å²) >= 11 is 0. The van der Waals surface area contributed by atoms with E-state index in [4.69, 9.17) is 5.73 Å². The molecule has 1 atom stereocenters. The van der Waals surface area contributed by atoms with Crippen LogP contribution in [0.4, 0.5) is 0 Å². The van der Waals surface area contributed by atoms with Crippen molar-refractivity contribution in [2.24, 2.45) is 11.1 Å². The highest BCUT2D eigenvalue weighted by Crippen LogP contribution is 2.33. The first kappa shape index (κ1) is 19.4. The maximum absolute atomic E-state index is 13.0. The zero-order valence-corrected chi connectivity index (χ0v) is 15.6. The average Bonchev–Trinajstić information content (AvgIpc) is 2.30. The first-order valence-corrected chi connectivity index (χ1v) is 8.83. The van der Waals surface area contributed by atoms with E-state index in [1.54, 1.807) is 4.31 Å². The van der Waals surface area contributed by atoms with E-state index in [9.17, 15) is 8.42 Å². The maximum Gasteiger partial charge on any atom is 0.243 e. The second kappa shape index (κ2) is 6.48. The number of sulfonamides is 1. The summed E-state index contributed by atoms with van der Waals surface area (Å²) in [5.74, 6) is 0. The predicted octanol–water partition coefficient (Wildman–Crippen LogP) is 2.78. The summed E-state index contributed by atoms with van der Waals surface area (Å²) in [5, 5.41) is 0. The zero-order chi connectivity index (χ0) is 16.0. The Morgan fingerprint density at radius 3 is 2.14 bits per heavy atom. The largest absolute Gasteiger partial charge is 0.327 e. The second-order valence-electron chi connectivity index (χ2n) is 6.95. The predicted molar refractivity (Wildman–Crippen MR) is 93.0 cm³/mol. The zero-order valence-electron chi connectivity index (χ0n) is 14.0. The fourth-order valence-corrected chi connectivity index (χ4v) is 5.27. The van der Waals surface area contributed by atoms with Crippen molar-refractivity contribution in [1.29, 1.82) is 0 Å². The maximum atomic E-state index is 13.0. The van der Waals surface area contributed by atoms with Gasteiger partial charge in [0.05, 0.1) is 4.90 Å². The van der Waals surface area contributed by atoms with Gasteiger partial charge in [0.25, 0.3) is 0 Å². The first-order chi connectivity index (χ1) is 9.55. The summed E-state index contributed by atoms with van der Waals surface area (Å²) in [5.41, 5.74) is 8.65. The van der Waals surface area contributed by atoms with Gasteiger partial charge < -0.3 is 5.73 Å². The van der Waals surface area contributed by atoms with Crippen LogP contribution < -0.4 is 5.73 Å². The number of aryl methyl sites for hydroxylation is 3. The molecule has 0 bridgehead atoms. The van der Waals surface area contributed by atoms with Crippen molar-refractivity contribution >= 4 is 22.4 Å². The Bertz CT molecular complexity index is 633. The lowest BCUT2D eigenvalue weighted by molar-refractivity contribution is 0.155. The summed E-state index contributed by atoms with van der Waals surface area (Å²) in [6.45, 7) is 10.8. The molecule has 0 spiro atoms. The second-order valence-corrected chi connectivity index (χ2v) is 8.82. The molecule has 1 fully saturated rings. The third-order valence-corrected chi connectivity index (χ3v) is 6.63. The van der Waals surface area contributed by atoms with Crippen LogP contribution in [0.3, 0.4) is 0 Å². The van der Waals surface area contributed by atoms with E-state index in [1.165, 1.54) is 0 Å². The molecule has 0 radical (unpaired) electrons. The number of nitrogens with two attached hydrogens (primary N) is 1. The topological polar surface area (TPSA) is 63.4 Å². The number of piperidine rings is 1. The Kier molecular flexibility index (Phi) is 5.72. The molecule has 0 amide bonds. The van der Waals surface area contributed by atoms with Crippen LogP contribution in [0, 0.1) is 26.2 Å². The van der Waals surface area contributed by atoms with E-state index in [2.05, 4.69) is 0 Å². The van der Waals surface area contributed by atoms with Crippen LogP contribution in [0.1, 0.15) is 37.0 Å². The molecule has 1 heterocycles. The number of benzene rings is 1. The van der Waals surface area contributed by atoms with Gasteiger partial charge in [-0.15, -0.1) is 12.4 Å². The van der Waals surface area contributed by atoms with Crippen LogP contribution >= 0.6 is 12.4 Å². The molecule has 6 heteroatoms. The van der Waals surface area contributed by atoms with Gasteiger partial charge in [-0.1, -0.05) is 31.5 Å². The Morgan fingerprint density at radius 1 is 1.18 bits per heavy atom. The van der Waals surface area contributed by atoms with Gasteiger partial charge in [0.2, 0.25) is 10.0 Å². The third kappa shape index (κ3) is 3.48. The van der Waals surface area contributed by atoms with E-state index in [-0.39, 0.29) is 23.9 Å². The van der Waals surface area contributed by atoms with E-state index in [1.807, 2.05) is 46.8 Å². The summed E-state index contributed by atoms with van der Waals surface area (Å²) < 4.78 is 27.6. The standard InChI is InChI=1S/C16H26N2O2S.ClH/c1-11-8-12(2)15(13(3)9-11)21(19,20)18-7-6-14(17)16(4,5)10-18;/h8-9,14H,6-7,10,17H2,1-5H3;1H. The van der Waals surface area contributed by atoms with Gasteiger partial charge in [0.15, 0.2) is 0 Å². The molecule has 1 unspecified atom stereocenters. The minimum atomic E-state index is -3.46. The van der Waals surface area contributed by atoms with Crippen LogP contribution in [0.15, 0.2) is 17.0 Å². The lowest BCUT2D eigenvalue weighted by Crippen LogP contribution is -2.54.